The van der Waals surface area contributed by atoms with Crippen LogP contribution in [0.5, 0.6) is 0 Å². The molecule has 0 bridgehead atoms. The molecule has 0 saturated carbocycles. The molecule has 0 radical (unpaired) electrons. The first-order valence-corrected chi connectivity index (χ1v) is 7.18. The molecule has 0 aliphatic carbocycles. The lowest BCUT2D eigenvalue weighted by molar-refractivity contribution is -0.127. The SMILES string of the molecule is O=C(C1CCCOC1)C1CSc2ccccc21. The lowest BCUT2D eigenvalue weighted by Crippen LogP contribution is -2.29. The molecule has 3 rings (SSSR count). The number of thioether (sulfide) groups is 1. The minimum Gasteiger partial charge on any atom is -0.381 e. The highest BCUT2D eigenvalue weighted by Crippen LogP contribution is 2.41. The van der Waals surface area contributed by atoms with E-state index in [0.29, 0.717) is 12.4 Å². The van der Waals surface area contributed by atoms with E-state index in [2.05, 4.69) is 12.1 Å². The fourth-order valence-electron chi connectivity index (χ4n) is 2.65. The molecule has 90 valence electrons. The van der Waals surface area contributed by atoms with Crippen molar-refractivity contribution in [2.75, 3.05) is 19.0 Å². The minimum atomic E-state index is 0.0999. The van der Waals surface area contributed by atoms with Crippen LogP contribution >= 0.6 is 11.8 Å². The molecule has 2 unspecified atom stereocenters. The Kier molecular flexibility index (Phi) is 3.21. The van der Waals surface area contributed by atoms with Crippen molar-refractivity contribution in [1.82, 2.24) is 0 Å². The van der Waals surface area contributed by atoms with Crippen LogP contribution in [0.3, 0.4) is 0 Å². The Morgan fingerprint density at radius 3 is 3.06 bits per heavy atom. The fraction of sp³-hybridized carbons (Fsp3) is 0.500. The van der Waals surface area contributed by atoms with Crippen LogP contribution in [-0.4, -0.2) is 24.7 Å². The van der Waals surface area contributed by atoms with Gasteiger partial charge in [-0.2, -0.15) is 0 Å². The predicted octanol–water partition coefficient (Wildman–Crippen LogP) is 2.87. The first kappa shape index (κ1) is 11.3. The highest BCUT2D eigenvalue weighted by atomic mass is 32.2. The van der Waals surface area contributed by atoms with E-state index in [0.717, 1.165) is 25.2 Å². The van der Waals surface area contributed by atoms with Gasteiger partial charge in [0.25, 0.3) is 0 Å². The molecule has 3 heteroatoms. The summed E-state index contributed by atoms with van der Waals surface area (Å²) in [7, 11) is 0. The topological polar surface area (TPSA) is 26.3 Å². The van der Waals surface area contributed by atoms with E-state index < -0.39 is 0 Å². The second-order valence-corrected chi connectivity index (χ2v) is 5.78. The third-order valence-corrected chi connectivity index (χ3v) is 4.79. The van der Waals surface area contributed by atoms with Crippen LogP contribution < -0.4 is 0 Å². The third kappa shape index (κ3) is 2.14. The fourth-order valence-corrected chi connectivity index (χ4v) is 3.89. The minimum absolute atomic E-state index is 0.0999. The third-order valence-electron chi connectivity index (χ3n) is 3.61. The predicted molar refractivity (Wildman–Crippen MR) is 68.5 cm³/mol. The van der Waals surface area contributed by atoms with Gasteiger partial charge in [0.15, 0.2) is 0 Å². The summed E-state index contributed by atoms with van der Waals surface area (Å²) in [6.45, 7) is 1.45. The van der Waals surface area contributed by atoms with Crippen molar-refractivity contribution >= 4 is 17.5 Å². The van der Waals surface area contributed by atoms with E-state index in [1.54, 1.807) is 11.8 Å². The highest BCUT2D eigenvalue weighted by molar-refractivity contribution is 7.99. The van der Waals surface area contributed by atoms with Crippen molar-refractivity contribution in [1.29, 1.82) is 0 Å². The number of Topliss-reactive ketones (excluding diaryl/α,β-unsaturated/α-hetero) is 1. The molecular formula is C14H16O2S. The molecule has 17 heavy (non-hydrogen) atoms. The molecule has 1 aromatic carbocycles. The van der Waals surface area contributed by atoms with Crippen LogP contribution in [0.25, 0.3) is 0 Å². The van der Waals surface area contributed by atoms with Crippen LogP contribution in [0.4, 0.5) is 0 Å². The Morgan fingerprint density at radius 2 is 2.24 bits per heavy atom. The maximum Gasteiger partial charge on any atom is 0.146 e. The van der Waals surface area contributed by atoms with Gasteiger partial charge >= 0.3 is 0 Å². The lowest BCUT2D eigenvalue weighted by Gasteiger charge is -2.23. The van der Waals surface area contributed by atoms with E-state index in [4.69, 9.17) is 4.74 Å². The van der Waals surface area contributed by atoms with Crippen molar-refractivity contribution < 1.29 is 9.53 Å². The quantitative estimate of drug-likeness (QED) is 0.805. The van der Waals surface area contributed by atoms with Crippen LogP contribution in [0.2, 0.25) is 0 Å². The van der Waals surface area contributed by atoms with Gasteiger partial charge in [0, 0.05) is 23.2 Å². The molecular weight excluding hydrogens is 232 g/mol. The second-order valence-electron chi connectivity index (χ2n) is 4.72. The number of hydrogen-bond acceptors (Lipinski definition) is 3. The second kappa shape index (κ2) is 4.83. The summed E-state index contributed by atoms with van der Waals surface area (Å²) in [6.07, 6.45) is 2.03. The molecule has 0 spiro atoms. The maximum absolute atomic E-state index is 12.5. The van der Waals surface area contributed by atoms with E-state index >= 15 is 0 Å². The summed E-state index contributed by atoms with van der Waals surface area (Å²) in [5, 5.41) is 0. The van der Waals surface area contributed by atoms with Gasteiger partial charge in [-0.1, -0.05) is 18.2 Å². The van der Waals surface area contributed by atoms with Crippen LogP contribution in [0.15, 0.2) is 29.2 Å². The van der Waals surface area contributed by atoms with Gasteiger partial charge in [-0.05, 0) is 24.5 Å². The number of ether oxygens (including phenoxy) is 1. The Bertz CT molecular complexity index is 424. The zero-order valence-electron chi connectivity index (χ0n) is 9.72. The van der Waals surface area contributed by atoms with Crippen molar-refractivity contribution in [2.24, 2.45) is 5.92 Å². The summed E-state index contributed by atoms with van der Waals surface area (Å²) < 4.78 is 5.42. The van der Waals surface area contributed by atoms with Gasteiger partial charge in [0.1, 0.15) is 5.78 Å². The largest absolute Gasteiger partial charge is 0.381 e. The summed E-state index contributed by atoms with van der Waals surface area (Å²) >= 11 is 1.81. The number of ketones is 1. The number of hydrogen-bond donors (Lipinski definition) is 0. The maximum atomic E-state index is 12.5. The Hall–Kier alpha value is -0.800. The number of benzene rings is 1. The molecule has 1 fully saturated rings. The van der Waals surface area contributed by atoms with Gasteiger partial charge < -0.3 is 4.74 Å². The Morgan fingerprint density at radius 1 is 1.35 bits per heavy atom. The molecule has 1 saturated heterocycles. The normalized spacial score (nSPS) is 27.8. The molecule has 2 aliphatic rings. The van der Waals surface area contributed by atoms with Crippen LogP contribution in [0.1, 0.15) is 24.3 Å². The van der Waals surface area contributed by atoms with Gasteiger partial charge in [-0.15, -0.1) is 11.8 Å². The number of rotatable bonds is 2. The Balaban J connectivity index is 1.79. The monoisotopic (exact) mass is 248 g/mol. The first-order valence-electron chi connectivity index (χ1n) is 6.19. The average molecular weight is 248 g/mol. The molecule has 0 amide bonds. The first-order chi connectivity index (χ1) is 8.36. The van der Waals surface area contributed by atoms with Crippen molar-refractivity contribution in [2.45, 2.75) is 23.7 Å². The van der Waals surface area contributed by atoms with Crippen molar-refractivity contribution in [3.8, 4) is 0 Å². The molecule has 1 aromatic rings. The lowest BCUT2D eigenvalue weighted by atomic mass is 9.86. The summed E-state index contributed by atoms with van der Waals surface area (Å²) in [5.41, 5.74) is 1.23. The molecule has 0 aromatic heterocycles. The molecule has 2 aliphatic heterocycles. The Labute approximate surface area is 106 Å². The zero-order valence-corrected chi connectivity index (χ0v) is 10.5. The van der Waals surface area contributed by atoms with Crippen LogP contribution in [0, 0.1) is 5.92 Å². The van der Waals surface area contributed by atoms with Crippen molar-refractivity contribution in [3.05, 3.63) is 29.8 Å². The average Bonchev–Trinajstić information content (AvgIpc) is 2.83. The number of fused-ring (bicyclic) bond motifs is 1. The van der Waals surface area contributed by atoms with Gasteiger partial charge in [0.05, 0.1) is 12.5 Å². The van der Waals surface area contributed by atoms with Crippen molar-refractivity contribution in [3.63, 3.8) is 0 Å². The highest BCUT2D eigenvalue weighted by Gasteiger charge is 2.34. The molecule has 0 N–H and O–H groups in total. The zero-order chi connectivity index (χ0) is 11.7. The summed E-state index contributed by atoms with van der Waals surface area (Å²) in [4.78, 5) is 13.7. The summed E-state index contributed by atoms with van der Waals surface area (Å²) in [5.74, 6) is 1.53. The number of carbonyl (C=O) groups is 1. The molecule has 2 nitrogen and oxygen atoms in total. The standard InChI is InChI=1S/C14H16O2S/c15-14(10-4-3-7-16-8-10)12-9-17-13-6-2-1-5-11(12)13/h1-2,5-6,10,12H,3-4,7-9H2. The molecule has 2 atom stereocenters. The van der Waals surface area contributed by atoms with E-state index in [-0.39, 0.29) is 11.8 Å². The van der Waals surface area contributed by atoms with Crippen LogP contribution in [-0.2, 0) is 9.53 Å². The number of carbonyl (C=O) groups excluding carboxylic acids is 1. The summed E-state index contributed by atoms with van der Waals surface area (Å²) in [6, 6.07) is 8.29. The van der Waals surface area contributed by atoms with E-state index in [9.17, 15) is 4.79 Å². The van der Waals surface area contributed by atoms with E-state index in [1.807, 2.05) is 12.1 Å². The van der Waals surface area contributed by atoms with Gasteiger partial charge in [-0.25, -0.2) is 0 Å². The van der Waals surface area contributed by atoms with E-state index in [1.165, 1.54) is 10.5 Å². The smallest absolute Gasteiger partial charge is 0.146 e. The van der Waals surface area contributed by atoms with Gasteiger partial charge in [0.2, 0.25) is 0 Å². The molecule has 2 heterocycles. The van der Waals surface area contributed by atoms with Gasteiger partial charge in [-0.3, -0.25) is 4.79 Å².